The molecule has 9 nitrogen and oxygen atoms in total. The maximum Gasteiger partial charge on any atom is 0.273 e. The minimum atomic E-state index is -0.513. The molecule has 0 atom stereocenters. The molecule has 1 heterocycles. The Bertz CT molecular complexity index is 1230. The lowest BCUT2D eigenvalue weighted by Gasteiger charge is -2.22. The van der Waals surface area contributed by atoms with E-state index < -0.39 is 10.8 Å². The molecular formula is C26H31N5O4. The van der Waals surface area contributed by atoms with Crippen LogP contribution in [0.4, 0.5) is 11.5 Å². The maximum atomic E-state index is 13.1. The van der Waals surface area contributed by atoms with Gasteiger partial charge >= 0.3 is 0 Å². The predicted molar refractivity (Wildman–Crippen MR) is 135 cm³/mol. The third-order valence-corrected chi connectivity index (χ3v) is 5.51. The fourth-order valence-electron chi connectivity index (χ4n) is 3.60. The van der Waals surface area contributed by atoms with Crippen LogP contribution in [-0.4, -0.2) is 44.5 Å². The summed E-state index contributed by atoms with van der Waals surface area (Å²) >= 11 is 0. The first-order chi connectivity index (χ1) is 16.5. The maximum absolute atomic E-state index is 13.1. The topological polar surface area (TPSA) is 110 Å². The summed E-state index contributed by atoms with van der Waals surface area (Å²) in [4.78, 5) is 38.4. The van der Waals surface area contributed by atoms with Gasteiger partial charge in [0, 0.05) is 35.2 Å². The number of amides is 2. The Morgan fingerprint density at radius 1 is 1.11 bits per heavy atom. The van der Waals surface area contributed by atoms with Crippen molar-refractivity contribution < 1.29 is 14.5 Å². The van der Waals surface area contributed by atoms with E-state index in [-0.39, 0.29) is 29.1 Å². The van der Waals surface area contributed by atoms with E-state index in [2.05, 4.69) is 5.32 Å². The molecule has 1 aromatic heterocycles. The SMILES string of the molecule is CCCN(CC(=O)Nc1cc(C(C)(C)C)nn1-c1ccccc1)C(=O)c1ccc(C)c([N+](=O)[O-])c1. The lowest BCUT2D eigenvalue weighted by Crippen LogP contribution is -2.38. The molecule has 0 saturated carbocycles. The zero-order valence-corrected chi connectivity index (χ0v) is 20.7. The van der Waals surface area contributed by atoms with E-state index in [9.17, 15) is 19.7 Å². The highest BCUT2D eigenvalue weighted by Gasteiger charge is 2.24. The Labute approximate surface area is 204 Å². The van der Waals surface area contributed by atoms with Crippen LogP contribution >= 0.6 is 0 Å². The minimum absolute atomic E-state index is 0.127. The number of aryl methyl sites for hydroxylation is 1. The van der Waals surface area contributed by atoms with Gasteiger partial charge in [-0.1, -0.05) is 52.0 Å². The molecule has 3 aromatic rings. The van der Waals surface area contributed by atoms with Gasteiger partial charge < -0.3 is 10.2 Å². The molecular weight excluding hydrogens is 446 g/mol. The summed E-state index contributed by atoms with van der Waals surface area (Å²) in [6, 6.07) is 15.7. The van der Waals surface area contributed by atoms with Gasteiger partial charge in [-0.3, -0.25) is 19.7 Å². The van der Waals surface area contributed by atoms with Crippen molar-refractivity contribution in [2.45, 2.75) is 46.5 Å². The van der Waals surface area contributed by atoms with Crippen molar-refractivity contribution >= 4 is 23.3 Å². The van der Waals surface area contributed by atoms with Crippen molar-refractivity contribution in [2.75, 3.05) is 18.4 Å². The highest BCUT2D eigenvalue weighted by atomic mass is 16.6. The molecule has 0 aliphatic heterocycles. The van der Waals surface area contributed by atoms with E-state index >= 15 is 0 Å². The number of hydrogen-bond donors (Lipinski definition) is 1. The lowest BCUT2D eigenvalue weighted by molar-refractivity contribution is -0.385. The average molecular weight is 478 g/mol. The molecule has 0 radical (unpaired) electrons. The highest BCUT2D eigenvalue weighted by molar-refractivity contribution is 5.99. The molecule has 2 aromatic carbocycles. The summed E-state index contributed by atoms with van der Waals surface area (Å²) in [5.41, 5.74) is 1.89. The van der Waals surface area contributed by atoms with E-state index in [0.717, 1.165) is 11.4 Å². The summed E-state index contributed by atoms with van der Waals surface area (Å²) < 4.78 is 1.67. The first-order valence-electron chi connectivity index (χ1n) is 11.5. The molecule has 0 spiro atoms. The number of carbonyl (C=O) groups is 2. The Morgan fingerprint density at radius 2 is 1.80 bits per heavy atom. The van der Waals surface area contributed by atoms with Gasteiger partial charge in [-0.25, -0.2) is 4.68 Å². The molecule has 0 aliphatic carbocycles. The Morgan fingerprint density at radius 3 is 2.40 bits per heavy atom. The fraction of sp³-hybridized carbons (Fsp3) is 0.346. The molecule has 0 aliphatic rings. The number of nitro benzene ring substituents is 1. The number of benzene rings is 2. The van der Waals surface area contributed by atoms with Gasteiger partial charge in [-0.05, 0) is 31.5 Å². The molecule has 0 saturated heterocycles. The first-order valence-corrected chi connectivity index (χ1v) is 11.5. The standard InChI is InChI=1S/C26H31N5O4/c1-6-14-29(25(33)19-13-12-18(2)21(15-19)31(34)35)17-24(32)27-23-16-22(26(3,4)5)28-30(23)20-10-8-7-9-11-20/h7-13,15-16H,6,14,17H2,1-5H3,(H,27,32). The Balaban J connectivity index is 1.85. The van der Waals surface area contributed by atoms with Crippen LogP contribution in [0.3, 0.4) is 0 Å². The number of para-hydroxylation sites is 1. The van der Waals surface area contributed by atoms with Gasteiger partial charge in [-0.2, -0.15) is 5.10 Å². The highest BCUT2D eigenvalue weighted by Crippen LogP contribution is 2.26. The molecule has 0 unspecified atom stereocenters. The Kier molecular flexibility index (Phi) is 7.68. The summed E-state index contributed by atoms with van der Waals surface area (Å²) in [6.45, 7) is 9.77. The molecule has 2 amide bonds. The third-order valence-electron chi connectivity index (χ3n) is 5.51. The van der Waals surface area contributed by atoms with Gasteiger partial charge in [0.25, 0.3) is 11.6 Å². The normalized spacial score (nSPS) is 11.2. The average Bonchev–Trinajstić information content (AvgIpc) is 3.23. The van der Waals surface area contributed by atoms with Gasteiger partial charge in [0.15, 0.2) is 0 Å². The molecule has 3 rings (SSSR count). The molecule has 0 bridgehead atoms. The van der Waals surface area contributed by atoms with E-state index in [1.54, 1.807) is 23.7 Å². The summed E-state index contributed by atoms with van der Waals surface area (Å²) in [5.74, 6) is -0.316. The second kappa shape index (κ2) is 10.5. The van der Waals surface area contributed by atoms with Crippen molar-refractivity contribution in [1.82, 2.24) is 14.7 Å². The number of nitrogens with zero attached hydrogens (tertiary/aromatic N) is 4. The van der Waals surface area contributed by atoms with Crippen LogP contribution in [0.5, 0.6) is 0 Å². The summed E-state index contributed by atoms with van der Waals surface area (Å²) in [7, 11) is 0. The number of nitrogens with one attached hydrogen (secondary N) is 1. The van der Waals surface area contributed by atoms with E-state index in [0.29, 0.717) is 24.3 Å². The zero-order chi connectivity index (χ0) is 25.8. The number of anilines is 1. The largest absolute Gasteiger partial charge is 0.329 e. The van der Waals surface area contributed by atoms with Crippen molar-refractivity contribution in [3.8, 4) is 5.69 Å². The smallest absolute Gasteiger partial charge is 0.273 e. The quantitative estimate of drug-likeness (QED) is 0.367. The van der Waals surface area contributed by atoms with Crippen molar-refractivity contribution in [2.24, 2.45) is 0 Å². The fourth-order valence-corrected chi connectivity index (χ4v) is 3.60. The number of nitro groups is 1. The molecule has 35 heavy (non-hydrogen) atoms. The minimum Gasteiger partial charge on any atom is -0.329 e. The molecule has 184 valence electrons. The molecule has 0 fully saturated rings. The van der Waals surface area contributed by atoms with Crippen LogP contribution in [0.15, 0.2) is 54.6 Å². The van der Waals surface area contributed by atoms with Gasteiger partial charge in [0.05, 0.1) is 16.3 Å². The van der Waals surface area contributed by atoms with Crippen molar-refractivity contribution in [1.29, 1.82) is 0 Å². The Hall–Kier alpha value is -4.01. The van der Waals surface area contributed by atoms with Gasteiger partial charge in [-0.15, -0.1) is 0 Å². The number of aromatic nitrogens is 2. The van der Waals surface area contributed by atoms with Crippen molar-refractivity contribution in [3.63, 3.8) is 0 Å². The van der Waals surface area contributed by atoms with Crippen LogP contribution in [0, 0.1) is 17.0 Å². The number of hydrogen-bond acceptors (Lipinski definition) is 5. The van der Waals surface area contributed by atoms with E-state index in [4.69, 9.17) is 5.10 Å². The van der Waals surface area contributed by atoms with Crippen LogP contribution in [-0.2, 0) is 10.2 Å². The van der Waals surface area contributed by atoms with Crippen LogP contribution in [0.1, 0.15) is 55.7 Å². The van der Waals surface area contributed by atoms with Crippen LogP contribution in [0.25, 0.3) is 5.69 Å². The number of carbonyl (C=O) groups excluding carboxylic acids is 2. The first kappa shape index (κ1) is 25.6. The summed E-state index contributed by atoms with van der Waals surface area (Å²) in [5, 5.41) is 18.9. The van der Waals surface area contributed by atoms with Gasteiger partial charge in [0.1, 0.15) is 12.4 Å². The predicted octanol–water partition coefficient (Wildman–Crippen LogP) is 4.88. The van der Waals surface area contributed by atoms with E-state index in [1.807, 2.05) is 64.1 Å². The van der Waals surface area contributed by atoms with E-state index in [1.165, 1.54) is 11.0 Å². The third kappa shape index (κ3) is 6.11. The molecule has 9 heteroatoms. The summed E-state index contributed by atoms with van der Waals surface area (Å²) in [6.07, 6.45) is 0.628. The monoisotopic (exact) mass is 477 g/mol. The number of rotatable bonds is 8. The molecule has 1 N–H and O–H groups in total. The second-order valence-corrected chi connectivity index (χ2v) is 9.45. The zero-order valence-electron chi connectivity index (χ0n) is 20.7. The van der Waals surface area contributed by atoms with Crippen LogP contribution < -0.4 is 5.32 Å². The van der Waals surface area contributed by atoms with Crippen LogP contribution in [0.2, 0.25) is 0 Å². The lowest BCUT2D eigenvalue weighted by atomic mass is 9.92. The second-order valence-electron chi connectivity index (χ2n) is 9.45. The van der Waals surface area contributed by atoms with Gasteiger partial charge in [0.2, 0.25) is 5.91 Å². The van der Waals surface area contributed by atoms with Crippen molar-refractivity contribution in [3.05, 3.63) is 81.5 Å².